The van der Waals surface area contributed by atoms with Crippen LogP contribution in [0.4, 0.5) is 0 Å². The highest BCUT2D eigenvalue weighted by Crippen LogP contribution is 2.08. The Kier molecular flexibility index (Phi) is 5.97. The zero-order valence-electron chi connectivity index (χ0n) is 12.3. The number of aryl methyl sites for hydroxylation is 1. The predicted octanol–water partition coefficient (Wildman–Crippen LogP) is 2.60. The predicted molar refractivity (Wildman–Crippen MR) is 86.8 cm³/mol. The van der Waals surface area contributed by atoms with Crippen molar-refractivity contribution in [2.75, 3.05) is 13.1 Å². The van der Waals surface area contributed by atoms with Crippen LogP contribution in [0.2, 0.25) is 0 Å². The van der Waals surface area contributed by atoms with Gasteiger partial charge < -0.3 is 15.1 Å². The Morgan fingerprint density at radius 3 is 2.73 bits per heavy atom. The second kappa shape index (κ2) is 8.19. The molecule has 2 amide bonds. The number of carbonyl (C=O) groups excluding carboxylic acids is 2. The molecule has 2 heterocycles. The Balaban J connectivity index is 1.59. The van der Waals surface area contributed by atoms with Gasteiger partial charge in [0.25, 0.3) is 5.91 Å². The second-order valence-corrected chi connectivity index (χ2v) is 5.61. The van der Waals surface area contributed by atoms with Crippen LogP contribution in [-0.4, -0.2) is 24.9 Å². The second-order valence-electron chi connectivity index (χ2n) is 4.66. The molecule has 0 aliphatic heterocycles. The monoisotopic (exact) mass is 318 g/mol. The first-order valence-corrected chi connectivity index (χ1v) is 7.87. The molecule has 2 rings (SSSR count). The van der Waals surface area contributed by atoms with Crippen molar-refractivity contribution in [2.24, 2.45) is 0 Å². The Morgan fingerprint density at radius 2 is 2.05 bits per heavy atom. The molecule has 0 aliphatic carbocycles. The maximum absolute atomic E-state index is 11.7. The molecular formula is C16H18N2O3S. The van der Waals surface area contributed by atoms with Gasteiger partial charge >= 0.3 is 0 Å². The molecule has 2 aromatic heterocycles. The van der Waals surface area contributed by atoms with Crippen LogP contribution in [0.1, 0.15) is 27.6 Å². The van der Waals surface area contributed by atoms with Crippen LogP contribution in [0.15, 0.2) is 40.1 Å². The molecule has 5 nitrogen and oxygen atoms in total. The van der Waals surface area contributed by atoms with Gasteiger partial charge in [0.2, 0.25) is 5.91 Å². The smallest absolute Gasteiger partial charge is 0.261 e. The fourth-order valence-electron chi connectivity index (χ4n) is 1.76. The molecule has 0 radical (unpaired) electrons. The van der Waals surface area contributed by atoms with Gasteiger partial charge in [0.15, 0.2) is 0 Å². The van der Waals surface area contributed by atoms with E-state index >= 15 is 0 Å². The lowest BCUT2D eigenvalue weighted by molar-refractivity contribution is -0.116. The number of hydrogen-bond acceptors (Lipinski definition) is 4. The summed E-state index contributed by atoms with van der Waals surface area (Å²) in [7, 11) is 0. The standard InChI is InChI=1S/C16H18N2O3S/c1-12-5-6-13(21-12)7-8-15(19)17-9-3-10-18-16(20)14-4-2-11-22-14/h2,4-8,11H,3,9-10H2,1H3,(H,17,19)(H,18,20). The van der Waals surface area contributed by atoms with Crippen molar-refractivity contribution in [3.8, 4) is 0 Å². The van der Waals surface area contributed by atoms with E-state index in [4.69, 9.17) is 4.42 Å². The van der Waals surface area contributed by atoms with Crippen LogP contribution in [0.5, 0.6) is 0 Å². The number of thiophene rings is 1. The molecule has 0 unspecified atom stereocenters. The molecule has 0 bridgehead atoms. The van der Waals surface area contributed by atoms with E-state index in [1.807, 2.05) is 24.4 Å². The van der Waals surface area contributed by atoms with Gasteiger partial charge in [-0.1, -0.05) is 6.07 Å². The third-order valence-electron chi connectivity index (χ3n) is 2.84. The third-order valence-corrected chi connectivity index (χ3v) is 3.71. The average molecular weight is 318 g/mol. The van der Waals surface area contributed by atoms with E-state index in [1.165, 1.54) is 17.4 Å². The fraction of sp³-hybridized carbons (Fsp3) is 0.250. The first-order chi connectivity index (χ1) is 10.6. The van der Waals surface area contributed by atoms with Crippen molar-refractivity contribution in [2.45, 2.75) is 13.3 Å². The highest BCUT2D eigenvalue weighted by Gasteiger charge is 2.04. The zero-order chi connectivity index (χ0) is 15.8. The third kappa shape index (κ3) is 5.21. The molecule has 22 heavy (non-hydrogen) atoms. The van der Waals surface area contributed by atoms with Crippen molar-refractivity contribution in [3.05, 3.63) is 52.1 Å². The van der Waals surface area contributed by atoms with Crippen molar-refractivity contribution in [1.29, 1.82) is 0 Å². The Bertz CT molecular complexity index is 644. The largest absolute Gasteiger partial charge is 0.462 e. The molecule has 6 heteroatoms. The lowest BCUT2D eigenvalue weighted by Crippen LogP contribution is -2.28. The van der Waals surface area contributed by atoms with Crippen molar-refractivity contribution < 1.29 is 14.0 Å². The van der Waals surface area contributed by atoms with E-state index in [-0.39, 0.29) is 11.8 Å². The van der Waals surface area contributed by atoms with Crippen LogP contribution in [0.25, 0.3) is 6.08 Å². The minimum absolute atomic E-state index is 0.0746. The van der Waals surface area contributed by atoms with Crippen molar-refractivity contribution in [3.63, 3.8) is 0 Å². The maximum Gasteiger partial charge on any atom is 0.261 e. The summed E-state index contributed by atoms with van der Waals surface area (Å²) in [4.78, 5) is 23.9. The van der Waals surface area contributed by atoms with E-state index in [0.29, 0.717) is 30.1 Å². The van der Waals surface area contributed by atoms with Crippen LogP contribution in [-0.2, 0) is 4.79 Å². The van der Waals surface area contributed by atoms with E-state index in [9.17, 15) is 9.59 Å². The minimum atomic E-state index is -0.182. The fourth-order valence-corrected chi connectivity index (χ4v) is 2.40. The van der Waals surface area contributed by atoms with Gasteiger partial charge in [-0.25, -0.2) is 0 Å². The van der Waals surface area contributed by atoms with Gasteiger partial charge in [-0.05, 0) is 43.0 Å². The molecule has 0 fully saturated rings. The molecular weight excluding hydrogens is 300 g/mol. The first kappa shape index (κ1) is 16.0. The molecule has 116 valence electrons. The summed E-state index contributed by atoms with van der Waals surface area (Å²) < 4.78 is 5.33. The number of furan rings is 1. The summed E-state index contributed by atoms with van der Waals surface area (Å²) in [6.45, 7) is 2.88. The highest BCUT2D eigenvalue weighted by molar-refractivity contribution is 7.12. The van der Waals surface area contributed by atoms with Gasteiger partial charge in [0.1, 0.15) is 11.5 Å². The van der Waals surface area contributed by atoms with Gasteiger partial charge in [0.05, 0.1) is 4.88 Å². The van der Waals surface area contributed by atoms with E-state index < -0.39 is 0 Å². The van der Waals surface area contributed by atoms with E-state index in [0.717, 1.165) is 5.76 Å². The lowest BCUT2D eigenvalue weighted by atomic mass is 10.3. The summed E-state index contributed by atoms with van der Waals surface area (Å²) in [5, 5.41) is 7.42. The Morgan fingerprint density at radius 1 is 1.23 bits per heavy atom. The summed E-state index contributed by atoms with van der Waals surface area (Å²) in [6, 6.07) is 7.27. The molecule has 0 aliphatic rings. The van der Waals surface area contributed by atoms with Gasteiger partial charge in [0, 0.05) is 19.2 Å². The quantitative estimate of drug-likeness (QED) is 0.609. The first-order valence-electron chi connectivity index (χ1n) is 6.99. The number of amides is 2. The molecule has 0 spiro atoms. The van der Waals surface area contributed by atoms with E-state index in [2.05, 4.69) is 10.6 Å². The topological polar surface area (TPSA) is 71.3 Å². The number of carbonyl (C=O) groups is 2. The van der Waals surface area contributed by atoms with Crippen LogP contribution in [0.3, 0.4) is 0 Å². The highest BCUT2D eigenvalue weighted by atomic mass is 32.1. The van der Waals surface area contributed by atoms with Crippen LogP contribution < -0.4 is 10.6 Å². The van der Waals surface area contributed by atoms with Gasteiger partial charge in [-0.2, -0.15) is 0 Å². The van der Waals surface area contributed by atoms with Crippen LogP contribution in [0, 0.1) is 6.92 Å². The van der Waals surface area contributed by atoms with Gasteiger partial charge in [-0.15, -0.1) is 11.3 Å². The Labute approximate surface area is 133 Å². The zero-order valence-corrected chi connectivity index (χ0v) is 13.1. The lowest BCUT2D eigenvalue weighted by Gasteiger charge is -2.04. The number of hydrogen-bond donors (Lipinski definition) is 2. The molecule has 2 aromatic rings. The summed E-state index contributed by atoms with van der Waals surface area (Å²) in [5.74, 6) is 1.20. The summed E-state index contributed by atoms with van der Waals surface area (Å²) >= 11 is 1.41. The van der Waals surface area contributed by atoms with E-state index in [1.54, 1.807) is 18.2 Å². The Hall–Kier alpha value is -2.34. The molecule has 0 atom stereocenters. The number of nitrogens with one attached hydrogen (secondary N) is 2. The normalized spacial score (nSPS) is 10.8. The SMILES string of the molecule is Cc1ccc(C=CC(=O)NCCCNC(=O)c2cccs2)o1. The molecule has 2 N–H and O–H groups in total. The average Bonchev–Trinajstić information content (AvgIpc) is 3.16. The summed E-state index contributed by atoms with van der Waals surface area (Å²) in [5.41, 5.74) is 0. The minimum Gasteiger partial charge on any atom is -0.462 e. The molecule has 0 saturated heterocycles. The molecule has 0 aromatic carbocycles. The van der Waals surface area contributed by atoms with Crippen LogP contribution >= 0.6 is 11.3 Å². The summed E-state index contributed by atoms with van der Waals surface area (Å²) in [6.07, 6.45) is 3.74. The molecule has 0 saturated carbocycles. The van der Waals surface area contributed by atoms with Crippen molar-refractivity contribution in [1.82, 2.24) is 10.6 Å². The van der Waals surface area contributed by atoms with Gasteiger partial charge in [-0.3, -0.25) is 9.59 Å². The van der Waals surface area contributed by atoms with Crippen molar-refractivity contribution >= 4 is 29.2 Å². The maximum atomic E-state index is 11.7. The number of rotatable bonds is 7.